The number of hydrogen-bond donors (Lipinski definition) is 3. The summed E-state index contributed by atoms with van der Waals surface area (Å²) in [4.78, 5) is 28.5. The molecule has 10 heteroatoms. The first kappa shape index (κ1) is 23.4. The molecule has 0 saturated heterocycles. The Bertz CT molecular complexity index is 1100. The number of carbonyl (C=O) groups excluding carboxylic acids is 2. The Morgan fingerprint density at radius 1 is 1.06 bits per heavy atom. The molecule has 9 nitrogen and oxygen atoms in total. The number of anilines is 1. The zero-order valence-corrected chi connectivity index (χ0v) is 18.2. The summed E-state index contributed by atoms with van der Waals surface area (Å²) in [6.07, 6.45) is 3.39. The fourth-order valence-electron chi connectivity index (χ4n) is 3.07. The van der Waals surface area contributed by atoms with Gasteiger partial charge in [-0.25, -0.2) is 13.2 Å². The van der Waals surface area contributed by atoms with Gasteiger partial charge in [-0.15, -0.1) is 0 Å². The van der Waals surface area contributed by atoms with Crippen molar-refractivity contribution in [3.05, 3.63) is 59.7 Å². The Kier molecular flexibility index (Phi) is 7.96. The van der Waals surface area contributed by atoms with E-state index in [1.165, 1.54) is 36.4 Å². The maximum Gasteiger partial charge on any atom is 0.338 e. The van der Waals surface area contributed by atoms with Gasteiger partial charge in [-0.2, -0.15) is 0 Å². The molecule has 0 bridgehead atoms. The highest BCUT2D eigenvalue weighted by atomic mass is 32.2. The molecule has 1 heterocycles. The van der Waals surface area contributed by atoms with E-state index in [1.54, 1.807) is 12.1 Å². The number of amides is 1. The van der Waals surface area contributed by atoms with Gasteiger partial charge in [0.1, 0.15) is 5.84 Å². The molecule has 0 saturated carbocycles. The first-order valence-electron chi connectivity index (χ1n) is 10.2. The zero-order chi connectivity index (χ0) is 23.0. The molecular formula is C22H25N3O6S. The Labute approximate surface area is 186 Å². The lowest BCUT2D eigenvalue weighted by molar-refractivity contribution is -0.119. The van der Waals surface area contributed by atoms with Gasteiger partial charge in [0.15, 0.2) is 6.61 Å². The molecule has 0 atom stereocenters. The number of amidine groups is 1. The summed E-state index contributed by atoms with van der Waals surface area (Å²) >= 11 is 0. The summed E-state index contributed by atoms with van der Waals surface area (Å²) in [5.74, 6) is -0.855. The van der Waals surface area contributed by atoms with Crippen LogP contribution in [-0.2, 0) is 26.2 Å². The van der Waals surface area contributed by atoms with E-state index >= 15 is 0 Å². The Morgan fingerprint density at radius 3 is 2.59 bits per heavy atom. The van der Waals surface area contributed by atoms with Crippen molar-refractivity contribution in [2.24, 2.45) is 4.99 Å². The summed E-state index contributed by atoms with van der Waals surface area (Å²) in [7, 11) is -3.84. The molecule has 3 rings (SSSR count). The highest BCUT2D eigenvalue weighted by molar-refractivity contribution is 7.90. The highest BCUT2D eigenvalue weighted by Gasteiger charge is 2.18. The van der Waals surface area contributed by atoms with Crippen molar-refractivity contribution >= 4 is 33.4 Å². The van der Waals surface area contributed by atoms with E-state index in [0.29, 0.717) is 24.4 Å². The van der Waals surface area contributed by atoms with Crippen LogP contribution < -0.4 is 10.0 Å². The Morgan fingerprint density at radius 2 is 1.84 bits per heavy atom. The second-order valence-electron chi connectivity index (χ2n) is 7.25. The minimum Gasteiger partial charge on any atom is -0.452 e. The van der Waals surface area contributed by atoms with E-state index in [4.69, 9.17) is 9.84 Å². The molecule has 2 aromatic carbocycles. The van der Waals surface area contributed by atoms with Gasteiger partial charge in [-0.05, 0) is 48.7 Å². The number of nitrogens with zero attached hydrogens (tertiary/aromatic N) is 1. The molecule has 170 valence electrons. The third-order valence-corrected chi connectivity index (χ3v) is 6.14. The van der Waals surface area contributed by atoms with Crippen LogP contribution in [0.25, 0.3) is 0 Å². The molecule has 1 aliphatic rings. The van der Waals surface area contributed by atoms with Gasteiger partial charge in [0.2, 0.25) is 0 Å². The number of aliphatic imine (C=N–C) groups is 1. The molecule has 0 radical (unpaired) electrons. The number of hydrogen-bond acceptors (Lipinski definition) is 7. The standard InChI is InChI=1S/C22H25N3O6S/c26-14-16-8-10-17(11-9-16)22(28)31-15-21(27)24-18-5-4-6-19(13-18)32(29,30)25-20-7-2-1-3-12-23-20/h4-6,8-11,13,26H,1-3,7,12,14-15H2,(H,23,25)(H,24,27). The minimum absolute atomic E-state index is 0.0109. The van der Waals surface area contributed by atoms with Gasteiger partial charge in [-0.1, -0.05) is 24.6 Å². The smallest absolute Gasteiger partial charge is 0.338 e. The van der Waals surface area contributed by atoms with Crippen LogP contribution in [0.3, 0.4) is 0 Å². The van der Waals surface area contributed by atoms with Crippen molar-refractivity contribution in [1.82, 2.24) is 4.72 Å². The van der Waals surface area contributed by atoms with E-state index in [0.717, 1.165) is 19.3 Å². The van der Waals surface area contributed by atoms with E-state index in [9.17, 15) is 18.0 Å². The SMILES string of the molecule is O=C(COC(=O)c1ccc(CO)cc1)Nc1cccc(S(=O)(=O)NC2=NCCCCC2)c1. The normalized spacial score (nSPS) is 14.1. The lowest BCUT2D eigenvalue weighted by atomic mass is 10.1. The number of aliphatic hydroxyl groups is 1. The number of carbonyl (C=O) groups is 2. The van der Waals surface area contributed by atoms with Crippen molar-refractivity contribution in [1.29, 1.82) is 0 Å². The molecule has 3 N–H and O–H groups in total. The second kappa shape index (κ2) is 10.9. The third-order valence-electron chi connectivity index (χ3n) is 4.76. The van der Waals surface area contributed by atoms with Crippen molar-refractivity contribution in [2.75, 3.05) is 18.5 Å². The van der Waals surface area contributed by atoms with Gasteiger partial charge in [-0.3, -0.25) is 14.5 Å². The zero-order valence-electron chi connectivity index (χ0n) is 17.4. The number of benzene rings is 2. The van der Waals surface area contributed by atoms with E-state index < -0.39 is 28.5 Å². The predicted octanol–water partition coefficient (Wildman–Crippen LogP) is 2.23. The lowest BCUT2D eigenvalue weighted by Gasteiger charge is -2.11. The van der Waals surface area contributed by atoms with Crippen LogP contribution in [0.5, 0.6) is 0 Å². The van der Waals surface area contributed by atoms with Crippen molar-refractivity contribution in [3.63, 3.8) is 0 Å². The minimum atomic E-state index is -3.84. The van der Waals surface area contributed by atoms with Gasteiger partial charge in [0.25, 0.3) is 15.9 Å². The topological polar surface area (TPSA) is 134 Å². The van der Waals surface area contributed by atoms with E-state index in [2.05, 4.69) is 15.0 Å². The number of ether oxygens (including phenoxy) is 1. The number of aliphatic hydroxyl groups excluding tert-OH is 1. The Balaban J connectivity index is 1.57. The van der Waals surface area contributed by atoms with Crippen molar-refractivity contribution in [3.8, 4) is 0 Å². The van der Waals surface area contributed by atoms with Crippen molar-refractivity contribution in [2.45, 2.75) is 37.2 Å². The average molecular weight is 460 g/mol. The van der Waals surface area contributed by atoms with Crippen LogP contribution in [0.4, 0.5) is 5.69 Å². The number of rotatable bonds is 7. The number of esters is 1. The summed E-state index contributed by atoms with van der Waals surface area (Å²) in [6, 6.07) is 11.9. The summed E-state index contributed by atoms with van der Waals surface area (Å²) in [6.45, 7) is -0.0823. The predicted molar refractivity (Wildman–Crippen MR) is 119 cm³/mol. The van der Waals surface area contributed by atoms with Crippen molar-refractivity contribution < 1.29 is 27.9 Å². The maximum absolute atomic E-state index is 12.7. The monoisotopic (exact) mass is 459 g/mol. The second-order valence-corrected chi connectivity index (χ2v) is 8.93. The van der Waals surface area contributed by atoms with Crippen LogP contribution in [0.15, 0.2) is 58.4 Å². The Hall–Kier alpha value is -3.24. The fourth-order valence-corrected chi connectivity index (χ4v) is 4.20. The fraction of sp³-hybridized carbons (Fsp3) is 0.318. The van der Waals surface area contributed by atoms with Crippen LogP contribution in [0.1, 0.15) is 41.6 Å². The number of sulfonamides is 1. The molecular weight excluding hydrogens is 434 g/mol. The van der Waals surface area contributed by atoms with E-state index in [1.807, 2.05) is 0 Å². The van der Waals surface area contributed by atoms with Gasteiger partial charge >= 0.3 is 5.97 Å². The third kappa shape index (κ3) is 6.63. The average Bonchev–Trinajstić information content (AvgIpc) is 3.06. The maximum atomic E-state index is 12.7. The number of nitrogens with one attached hydrogen (secondary N) is 2. The molecule has 1 amide bonds. The molecule has 2 aromatic rings. The summed E-state index contributed by atoms with van der Waals surface area (Å²) in [5, 5.41) is 11.6. The van der Waals surface area contributed by atoms with Crippen LogP contribution in [0.2, 0.25) is 0 Å². The first-order valence-corrected chi connectivity index (χ1v) is 11.7. The molecule has 1 aliphatic heterocycles. The van der Waals surface area contributed by atoms with Crippen LogP contribution in [-0.4, -0.2) is 44.4 Å². The molecule has 0 fully saturated rings. The summed E-state index contributed by atoms with van der Waals surface area (Å²) < 4.78 is 32.9. The largest absolute Gasteiger partial charge is 0.452 e. The molecule has 0 unspecified atom stereocenters. The van der Waals surface area contributed by atoms with Gasteiger partial charge < -0.3 is 15.2 Å². The van der Waals surface area contributed by atoms with Crippen LogP contribution in [0, 0.1) is 0 Å². The molecule has 0 aromatic heterocycles. The van der Waals surface area contributed by atoms with E-state index in [-0.39, 0.29) is 22.8 Å². The summed E-state index contributed by atoms with van der Waals surface area (Å²) in [5.41, 5.74) is 1.15. The van der Waals surface area contributed by atoms with Gasteiger partial charge in [0, 0.05) is 18.7 Å². The molecule has 0 spiro atoms. The lowest BCUT2D eigenvalue weighted by Crippen LogP contribution is -2.30. The molecule has 0 aliphatic carbocycles. The van der Waals surface area contributed by atoms with Gasteiger partial charge in [0.05, 0.1) is 17.1 Å². The highest BCUT2D eigenvalue weighted by Crippen LogP contribution is 2.17. The van der Waals surface area contributed by atoms with Crippen LogP contribution >= 0.6 is 0 Å². The molecule has 32 heavy (non-hydrogen) atoms. The quantitative estimate of drug-likeness (QED) is 0.544. The first-order chi connectivity index (χ1) is 15.4.